The summed E-state index contributed by atoms with van der Waals surface area (Å²) in [6.07, 6.45) is 2.13. The average Bonchev–Trinajstić information content (AvgIpc) is 3.56. The summed E-state index contributed by atoms with van der Waals surface area (Å²) >= 11 is 0. The predicted octanol–water partition coefficient (Wildman–Crippen LogP) is 3.15. The van der Waals surface area contributed by atoms with Gasteiger partial charge in [0, 0.05) is 37.8 Å². The van der Waals surface area contributed by atoms with Crippen molar-refractivity contribution >= 4 is 22.9 Å². The summed E-state index contributed by atoms with van der Waals surface area (Å²) in [6, 6.07) is 7.82. The Bertz CT molecular complexity index is 1150. The molecule has 1 saturated heterocycles. The van der Waals surface area contributed by atoms with Crippen molar-refractivity contribution in [3.63, 3.8) is 0 Å². The van der Waals surface area contributed by atoms with E-state index in [-0.39, 0.29) is 17.4 Å². The first-order valence-corrected chi connectivity index (χ1v) is 10.1. The summed E-state index contributed by atoms with van der Waals surface area (Å²) < 4.78 is 19.3. The van der Waals surface area contributed by atoms with Crippen LogP contribution in [0.15, 0.2) is 34.9 Å². The van der Waals surface area contributed by atoms with Gasteiger partial charge in [0.15, 0.2) is 0 Å². The van der Waals surface area contributed by atoms with E-state index in [0.29, 0.717) is 54.5 Å². The second kappa shape index (κ2) is 7.19. The molecule has 7 nitrogen and oxygen atoms in total. The molecule has 0 spiro atoms. The molecule has 1 aromatic carbocycles. The zero-order valence-electron chi connectivity index (χ0n) is 16.6. The second-order valence-electron chi connectivity index (χ2n) is 7.88. The normalized spacial score (nSPS) is 16.9. The third kappa shape index (κ3) is 3.22. The van der Waals surface area contributed by atoms with Crippen LogP contribution >= 0.6 is 0 Å². The summed E-state index contributed by atoms with van der Waals surface area (Å²) in [6.45, 7) is 3.26. The number of pyridine rings is 1. The van der Waals surface area contributed by atoms with Crippen LogP contribution in [0.5, 0.6) is 0 Å². The number of hydrogen-bond donors (Lipinski definition) is 0. The highest BCUT2D eigenvalue weighted by Gasteiger charge is 2.31. The lowest BCUT2D eigenvalue weighted by atomic mass is 10.1. The van der Waals surface area contributed by atoms with Gasteiger partial charge in [-0.3, -0.25) is 9.59 Å². The topological polar surface area (TPSA) is 79.5 Å². The molecule has 2 fully saturated rings. The molecule has 1 aliphatic carbocycles. The van der Waals surface area contributed by atoms with Gasteiger partial charge in [0.25, 0.3) is 17.5 Å². The molecule has 1 aliphatic heterocycles. The Balaban J connectivity index is 1.36. The molecule has 0 atom stereocenters. The van der Waals surface area contributed by atoms with Crippen molar-refractivity contribution in [3.8, 4) is 0 Å². The number of piperazine rings is 1. The summed E-state index contributed by atoms with van der Waals surface area (Å²) in [7, 11) is 0. The van der Waals surface area contributed by atoms with Crippen molar-refractivity contribution in [2.24, 2.45) is 0 Å². The van der Waals surface area contributed by atoms with Gasteiger partial charge in [-0.15, -0.1) is 0 Å². The van der Waals surface area contributed by atoms with Gasteiger partial charge in [-0.25, -0.2) is 9.37 Å². The van der Waals surface area contributed by atoms with Crippen molar-refractivity contribution in [1.82, 2.24) is 19.9 Å². The van der Waals surface area contributed by atoms with Crippen LogP contribution < -0.4 is 0 Å². The Hall–Kier alpha value is -3.29. The molecule has 1 saturated carbocycles. The van der Waals surface area contributed by atoms with Crippen LogP contribution in [0.3, 0.4) is 0 Å². The van der Waals surface area contributed by atoms with Gasteiger partial charge in [-0.1, -0.05) is 17.3 Å². The Morgan fingerprint density at radius 2 is 1.67 bits per heavy atom. The van der Waals surface area contributed by atoms with E-state index >= 15 is 0 Å². The number of hydrogen-bond acceptors (Lipinski definition) is 5. The maximum absolute atomic E-state index is 14.0. The van der Waals surface area contributed by atoms with E-state index in [2.05, 4.69) is 10.1 Å². The number of halogens is 1. The van der Waals surface area contributed by atoms with Crippen LogP contribution in [-0.4, -0.2) is 57.9 Å². The van der Waals surface area contributed by atoms with Crippen LogP contribution in [0.25, 0.3) is 11.1 Å². The van der Waals surface area contributed by atoms with Gasteiger partial charge in [-0.05, 0) is 38.0 Å². The molecular formula is C22H21FN4O3. The molecule has 2 amide bonds. The number of nitrogens with zero attached hydrogens (tertiary/aromatic N) is 4. The van der Waals surface area contributed by atoms with E-state index in [1.54, 1.807) is 28.9 Å². The van der Waals surface area contributed by atoms with Gasteiger partial charge in [0.2, 0.25) is 0 Å². The lowest BCUT2D eigenvalue weighted by Crippen LogP contribution is -2.50. The van der Waals surface area contributed by atoms with Gasteiger partial charge in [0.05, 0.1) is 22.2 Å². The minimum Gasteiger partial charge on any atom is -0.336 e. The smallest absolute Gasteiger partial charge is 0.259 e. The highest BCUT2D eigenvalue weighted by molar-refractivity contribution is 6.06. The number of aryl methyl sites for hydroxylation is 1. The van der Waals surface area contributed by atoms with Crippen LogP contribution in [0, 0.1) is 12.7 Å². The van der Waals surface area contributed by atoms with Gasteiger partial charge in [0.1, 0.15) is 5.82 Å². The largest absolute Gasteiger partial charge is 0.336 e. The molecule has 0 bridgehead atoms. The summed E-state index contributed by atoms with van der Waals surface area (Å²) in [5.74, 6) is -0.622. The van der Waals surface area contributed by atoms with Gasteiger partial charge < -0.3 is 14.3 Å². The molecule has 3 heterocycles. The van der Waals surface area contributed by atoms with Crippen molar-refractivity contribution in [1.29, 1.82) is 0 Å². The first-order chi connectivity index (χ1) is 14.5. The highest BCUT2D eigenvalue weighted by Crippen LogP contribution is 2.40. The van der Waals surface area contributed by atoms with E-state index in [1.165, 1.54) is 12.1 Å². The quantitative estimate of drug-likeness (QED) is 0.665. The molecule has 5 rings (SSSR count). The maximum Gasteiger partial charge on any atom is 0.259 e. The van der Waals surface area contributed by atoms with E-state index in [1.807, 2.05) is 6.07 Å². The minimum atomic E-state index is -0.532. The third-order valence-electron chi connectivity index (χ3n) is 5.82. The number of carbonyl (C=O) groups excluding carboxylic acids is 2. The number of rotatable bonds is 3. The fourth-order valence-corrected chi connectivity index (χ4v) is 3.96. The summed E-state index contributed by atoms with van der Waals surface area (Å²) in [4.78, 5) is 33.8. The molecule has 2 aromatic heterocycles. The van der Waals surface area contributed by atoms with Crippen LogP contribution in [0.1, 0.15) is 50.9 Å². The predicted molar refractivity (Wildman–Crippen MR) is 107 cm³/mol. The van der Waals surface area contributed by atoms with Gasteiger partial charge >= 0.3 is 0 Å². The Labute approximate surface area is 172 Å². The Kier molecular flexibility index (Phi) is 4.49. The third-order valence-corrected chi connectivity index (χ3v) is 5.82. The van der Waals surface area contributed by atoms with E-state index in [4.69, 9.17) is 4.52 Å². The monoisotopic (exact) mass is 408 g/mol. The molecule has 0 radical (unpaired) electrons. The van der Waals surface area contributed by atoms with Crippen LogP contribution in [0.4, 0.5) is 4.39 Å². The number of fused-ring (bicyclic) bond motifs is 1. The zero-order valence-corrected chi connectivity index (χ0v) is 16.6. The fourth-order valence-electron chi connectivity index (χ4n) is 3.96. The zero-order chi connectivity index (χ0) is 20.8. The molecule has 30 heavy (non-hydrogen) atoms. The Morgan fingerprint density at radius 3 is 2.30 bits per heavy atom. The van der Waals surface area contributed by atoms with Crippen molar-refractivity contribution < 1.29 is 18.5 Å². The SMILES string of the molecule is Cc1noc2nc(C3CC3)cc(C(=O)N3CCN(C(=O)c4ccccc4F)CC3)c12. The van der Waals surface area contributed by atoms with E-state index in [0.717, 1.165) is 18.5 Å². The Morgan fingerprint density at radius 1 is 1.03 bits per heavy atom. The number of amides is 2. The number of benzene rings is 1. The minimum absolute atomic E-state index is 0.0577. The molecule has 3 aromatic rings. The molecule has 2 aliphatic rings. The van der Waals surface area contributed by atoms with Gasteiger partial charge in [-0.2, -0.15) is 0 Å². The maximum atomic E-state index is 14.0. The molecular weight excluding hydrogens is 387 g/mol. The molecule has 154 valence electrons. The lowest BCUT2D eigenvalue weighted by Gasteiger charge is -2.35. The van der Waals surface area contributed by atoms with E-state index < -0.39 is 5.82 Å². The average molecular weight is 408 g/mol. The van der Waals surface area contributed by atoms with Crippen LogP contribution in [0.2, 0.25) is 0 Å². The molecule has 0 N–H and O–H groups in total. The van der Waals surface area contributed by atoms with Crippen LogP contribution in [-0.2, 0) is 0 Å². The molecule has 0 unspecified atom stereocenters. The van der Waals surface area contributed by atoms with E-state index in [9.17, 15) is 14.0 Å². The summed E-state index contributed by atoms with van der Waals surface area (Å²) in [5.41, 5.74) is 2.51. The number of aromatic nitrogens is 2. The van der Waals surface area contributed by atoms with Crippen molar-refractivity contribution in [2.75, 3.05) is 26.2 Å². The first kappa shape index (κ1) is 18.7. The fraction of sp³-hybridized carbons (Fsp3) is 0.364. The standard InChI is InChI=1S/C22H21FN4O3/c1-13-19-16(12-18(14-6-7-14)24-20(19)30-25-13)22(29)27-10-8-26(9-11-27)21(28)15-4-2-3-5-17(15)23/h2-5,12,14H,6-11H2,1H3. The number of carbonyl (C=O) groups is 2. The molecule has 8 heteroatoms. The highest BCUT2D eigenvalue weighted by atomic mass is 19.1. The van der Waals surface area contributed by atoms with Crippen molar-refractivity contribution in [2.45, 2.75) is 25.7 Å². The van der Waals surface area contributed by atoms with Crippen molar-refractivity contribution in [3.05, 3.63) is 58.7 Å². The second-order valence-corrected chi connectivity index (χ2v) is 7.88. The summed E-state index contributed by atoms with van der Waals surface area (Å²) in [5, 5.41) is 4.63. The lowest BCUT2D eigenvalue weighted by molar-refractivity contribution is 0.0533. The first-order valence-electron chi connectivity index (χ1n) is 10.1.